The highest BCUT2D eigenvalue weighted by Crippen LogP contribution is 2.09. The number of hydrogen-bond acceptors (Lipinski definition) is 5. The molecule has 19 heavy (non-hydrogen) atoms. The van der Waals surface area contributed by atoms with E-state index in [2.05, 4.69) is 20.9 Å². The number of carbonyl (C=O) groups excluding carboxylic acids is 1. The van der Waals surface area contributed by atoms with Crippen molar-refractivity contribution in [2.75, 3.05) is 13.1 Å². The molecule has 7 nitrogen and oxygen atoms in total. The van der Waals surface area contributed by atoms with E-state index >= 15 is 0 Å². The molecule has 8 heteroatoms. The van der Waals surface area contributed by atoms with Gasteiger partial charge in [-0.1, -0.05) is 0 Å². The van der Waals surface area contributed by atoms with Crippen molar-refractivity contribution in [1.29, 1.82) is 0 Å². The van der Waals surface area contributed by atoms with E-state index in [0.29, 0.717) is 5.01 Å². The summed E-state index contributed by atoms with van der Waals surface area (Å²) in [6.07, 6.45) is 1.85. The minimum atomic E-state index is -1.05. The van der Waals surface area contributed by atoms with Gasteiger partial charge in [0, 0.05) is 11.4 Å². The molecule has 0 aliphatic carbocycles. The van der Waals surface area contributed by atoms with E-state index in [1.54, 1.807) is 0 Å². The molecule has 2 heterocycles. The number of urea groups is 1. The minimum Gasteiger partial charge on any atom is -0.476 e. The maximum absolute atomic E-state index is 11.6. The zero-order valence-electron chi connectivity index (χ0n) is 10.3. The number of nitrogens with zero attached hydrogens (tertiary/aromatic N) is 1. The fraction of sp³-hybridized carbons (Fsp3) is 0.545. The summed E-state index contributed by atoms with van der Waals surface area (Å²) in [7, 11) is 0. The van der Waals surface area contributed by atoms with E-state index < -0.39 is 5.97 Å². The van der Waals surface area contributed by atoms with Crippen LogP contribution in [0.25, 0.3) is 0 Å². The molecule has 4 N–H and O–H groups in total. The topological polar surface area (TPSA) is 103 Å². The largest absolute Gasteiger partial charge is 0.476 e. The van der Waals surface area contributed by atoms with Crippen LogP contribution in [0.4, 0.5) is 4.79 Å². The van der Waals surface area contributed by atoms with E-state index in [0.717, 1.165) is 25.9 Å². The zero-order valence-corrected chi connectivity index (χ0v) is 11.1. The second-order valence-corrected chi connectivity index (χ2v) is 5.23. The molecule has 0 bridgehead atoms. The van der Waals surface area contributed by atoms with Gasteiger partial charge in [-0.3, -0.25) is 0 Å². The van der Waals surface area contributed by atoms with Gasteiger partial charge in [0.05, 0.1) is 6.54 Å². The molecule has 0 aromatic carbocycles. The van der Waals surface area contributed by atoms with Crippen molar-refractivity contribution in [3.05, 3.63) is 16.1 Å². The molecule has 1 aromatic heterocycles. The first kappa shape index (κ1) is 13.8. The summed E-state index contributed by atoms with van der Waals surface area (Å²) in [6.45, 7) is 2.08. The lowest BCUT2D eigenvalue weighted by Crippen LogP contribution is -2.46. The Hall–Kier alpha value is -1.67. The summed E-state index contributed by atoms with van der Waals surface area (Å²) in [5, 5.41) is 19.6. The monoisotopic (exact) mass is 284 g/mol. The average molecular weight is 284 g/mol. The van der Waals surface area contributed by atoms with Crippen LogP contribution in [0.3, 0.4) is 0 Å². The SMILES string of the molecule is O=C(NCc1nc(C(=O)O)cs1)NC1CCNCC1. The van der Waals surface area contributed by atoms with Gasteiger partial charge in [0.15, 0.2) is 5.69 Å². The van der Waals surface area contributed by atoms with E-state index in [1.165, 1.54) is 16.7 Å². The molecule has 0 saturated carbocycles. The van der Waals surface area contributed by atoms with Crippen molar-refractivity contribution in [2.24, 2.45) is 0 Å². The van der Waals surface area contributed by atoms with E-state index in [-0.39, 0.29) is 24.3 Å². The number of aromatic carboxylic acids is 1. The van der Waals surface area contributed by atoms with E-state index in [1.807, 2.05) is 0 Å². The number of aromatic nitrogens is 1. The van der Waals surface area contributed by atoms with Crippen molar-refractivity contribution in [3.8, 4) is 0 Å². The molecule has 0 unspecified atom stereocenters. The van der Waals surface area contributed by atoms with Crippen LogP contribution >= 0.6 is 11.3 Å². The summed E-state index contributed by atoms with van der Waals surface area (Å²) < 4.78 is 0. The maximum atomic E-state index is 11.6. The molecule has 1 fully saturated rings. The molecule has 0 atom stereocenters. The van der Waals surface area contributed by atoms with Gasteiger partial charge in [0.2, 0.25) is 0 Å². The van der Waals surface area contributed by atoms with Gasteiger partial charge in [-0.05, 0) is 25.9 Å². The smallest absolute Gasteiger partial charge is 0.355 e. The summed E-state index contributed by atoms with van der Waals surface area (Å²) in [5.74, 6) is -1.05. The summed E-state index contributed by atoms with van der Waals surface area (Å²) in [6, 6.07) is -0.0360. The number of carboxylic acid groups (broad SMARTS) is 1. The third-order valence-corrected chi connectivity index (χ3v) is 3.69. The Bertz CT molecular complexity index is 457. The zero-order chi connectivity index (χ0) is 13.7. The number of carboxylic acids is 1. The van der Waals surface area contributed by atoms with Crippen LogP contribution in [-0.2, 0) is 6.54 Å². The maximum Gasteiger partial charge on any atom is 0.355 e. The first-order chi connectivity index (χ1) is 9.15. The number of piperidine rings is 1. The van der Waals surface area contributed by atoms with Crippen molar-refractivity contribution in [3.63, 3.8) is 0 Å². The number of rotatable bonds is 4. The summed E-state index contributed by atoms with van der Waals surface area (Å²) in [5.41, 5.74) is 0.0144. The van der Waals surface area contributed by atoms with Gasteiger partial charge in [-0.15, -0.1) is 11.3 Å². The number of amides is 2. The fourth-order valence-electron chi connectivity index (χ4n) is 1.85. The number of carbonyl (C=O) groups is 2. The highest BCUT2D eigenvalue weighted by molar-refractivity contribution is 7.09. The summed E-state index contributed by atoms with van der Waals surface area (Å²) in [4.78, 5) is 26.2. The Morgan fingerprint density at radius 2 is 2.21 bits per heavy atom. The van der Waals surface area contributed by atoms with Gasteiger partial charge in [0.1, 0.15) is 5.01 Å². The van der Waals surface area contributed by atoms with Crippen molar-refractivity contribution >= 4 is 23.3 Å². The molecule has 1 aromatic rings. The van der Waals surface area contributed by atoms with Crippen molar-refractivity contribution in [2.45, 2.75) is 25.4 Å². The molecule has 0 spiro atoms. The second kappa shape index (κ2) is 6.48. The highest BCUT2D eigenvalue weighted by atomic mass is 32.1. The lowest BCUT2D eigenvalue weighted by molar-refractivity contribution is 0.0691. The van der Waals surface area contributed by atoms with Crippen LogP contribution in [0, 0.1) is 0 Å². The normalized spacial score (nSPS) is 16.0. The molecular weight excluding hydrogens is 268 g/mol. The van der Waals surface area contributed by atoms with Gasteiger partial charge in [0.25, 0.3) is 0 Å². The minimum absolute atomic E-state index is 0.0144. The van der Waals surface area contributed by atoms with Crippen LogP contribution in [0.15, 0.2) is 5.38 Å². The van der Waals surface area contributed by atoms with Gasteiger partial charge < -0.3 is 21.1 Å². The van der Waals surface area contributed by atoms with Crippen molar-refractivity contribution in [1.82, 2.24) is 20.9 Å². The fourth-order valence-corrected chi connectivity index (χ4v) is 2.56. The van der Waals surface area contributed by atoms with Gasteiger partial charge in [-0.25, -0.2) is 14.6 Å². The number of hydrogen-bond donors (Lipinski definition) is 4. The molecule has 2 rings (SSSR count). The third-order valence-electron chi connectivity index (χ3n) is 2.85. The van der Waals surface area contributed by atoms with Gasteiger partial charge in [-0.2, -0.15) is 0 Å². The molecule has 2 amide bonds. The van der Waals surface area contributed by atoms with Crippen LogP contribution < -0.4 is 16.0 Å². The second-order valence-electron chi connectivity index (χ2n) is 4.28. The Balaban J connectivity index is 1.74. The predicted molar refractivity (Wildman–Crippen MR) is 70.3 cm³/mol. The van der Waals surface area contributed by atoms with Crippen LogP contribution in [0.5, 0.6) is 0 Å². The molecule has 0 radical (unpaired) electrons. The van der Waals surface area contributed by atoms with Crippen LogP contribution in [0.2, 0.25) is 0 Å². The quantitative estimate of drug-likeness (QED) is 0.640. The average Bonchev–Trinajstić information content (AvgIpc) is 2.86. The lowest BCUT2D eigenvalue weighted by atomic mass is 10.1. The standard InChI is InChI=1S/C11H16N4O3S/c16-10(17)8-6-19-9(15-8)5-13-11(18)14-7-1-3-12-4-2-7/h6-7,12H,1-5H2,(H,16,17)(H2,13,14,18). The predicted octanol–water partition coefficient (Wildman–Crippen LogP) is 0.392. The summed E-state index contributed by atoms with van der Waals surface area (Å²) >= 11 is 1.22. The van der Waals surface area contributed by atoms with Gasteiger partial charge >= 0.3 is 12.0 Å². The Labute approximate surface area is 114 Å². The lowest BCUT2D eigenvalue weighted by Gasteiger charge is -2.23. The molecule has 1 aliphatic rings. The first-order valence-corrected chi connectivity index (χ1v) is 6.96. The molecule has 104 valence electrons. The Morgan fingerprint density at radius 1 is 1.47 bits per heavy atom. The number of nitrogens with one attached hydrogen (secondary N) is 3. The molecular formula is C11H16N4O3S. The Kier molecular flexibility index (Phi) is 4.69. The van der Waals surface area contributed by atoms with E-state index in [9.17, 15) is 9.59 Å². The molecule has 1 aliphatic heterocycles. The molecule has 1 saturated heterocycles. The van der Waals surface area contributed by atoms with Crippen LogP contribution in [-0.4, -0.2) is 41.2 Å². The highest BCUT2D eigenvalue weighted by Gasteiger charge is 2.15. The third kappa shape index (κ3) is 4.18. The first-order valence-electron chi connectivity index (χ1n) is 6.08. The van der Waals surface area contributed by atoms with E-state index in [4.69, 9.17) is 5.11 Å². The Morgan fingerprint density at radius 3 is 2.84 bits per heavy atom. The number of thiazole rings is 1. The van der Waals surface area contributed by atoms with Crippen LogP contribution in [0.1, 0.15) is 28.3 Å². The van der Waals surface area contributed by atoms with Crippen molar-refractivity contribution < 1.29 is 14.7 Å².